The lowest BCUT2D eigenvalue weighted by Crippen LogP contribution is -2.19. The van der Waals surface area contributed by atoms with Gasteiger partial charge in [0.15, 0.2) is 5.69 Å². The Balaban J connectivity index is 3.36. The molecule has 0 fully saturated rings. The number of carbonyl (C=O) groups excluding carboxylic acids is 1. The van der Waals surface area contributed by atoms with Gasteiger partial charge >= 0.3 is 12.1 Å². The van der Waals surface area contributed by atoms with Gasteiger partial charge in [0.2, 0.25) is 0 Å². The van der Waals surface area contributed by atoms with E-state index < -0.39 is 23.4 Å². The summed E-state index contributed by atoms with van der Waals surface area (Å²) in [6.07, 6.45) is -4.75. The van der Waals surface area contributed by atoms with E-state index >= 15 is 0 Å². The van der Waals surface area contributed by atoms with Crippen molar-refractivity contribution in [1.29, 1.82) is 0 Å². The van der Waals surface area contributed by atoms with Crippen LogP contribution in [0.4, 0.5) is 19.0 Å². The Morgan fingerprint density at radius 2 is 2.18 bits per heavy atom. The fraction of sp³-hybridized carbons (Fsp3) is 0.333. The van der Waals surface area contributed by atoms with Crippen LogP contribution in [0, 0.1) is 3.57 Å². The largest absolute Gasteiger partial charge is 0.462 e. The Kier molecular flexibility index (Phi) is 4.17. The lowest BCUT2D eigenvalue weighted by atomic mass is 10.2. The van der Waals surface area contributed by atoms with E-state index in [2.05, 4.69) is 9.72 Å². The molecule has 0 aliphatic carbocycles. The van der Waals surface area contributed by atoms with Gasteiger partial charge in [0.25, 0.3) is 0 Å². The summed E-state index contributed by atoms with van der Waals surface area (Å²) in [6.45, 7) is 1.48. The van der Waals surface area contributed by atoms with E-state index in [4.69, 9.17) is 5.73 Å². The molecule has 8 heteroatoms. The molecule has 1 heterocycles. The molecule has 1 aromatic heterocycles. The molecule has 2 N–H and O–H groups in total. The first-order valence-corrected chi connectivity index (χ1v) is 5.55. The quantitative estimate of drug-likeness (QED) is 0.650. The number of pyridine rings is 1. The molecule has 0 saturated carbocycles. The van der Waals surface area contributed by atoms with Gasteiger partial charge in [-0.15, -0.1) is 0 Å². The molecule has 4 nitrogen and oxygen atoms in total. The molecule has 0 unspecified atom stereocenters. The Morgan fingerprint density at radius 1 is 1.59 bits per heavy atom. The zero-order valence-corrected chi connectivity index (χ0v) is 10.8. The number of anilines is 1. The monoisotopic (exact) mass is 360 g/mol. The van der Waals surface area contributed by atoms with Gasteiger partial charge in [0.05, 0.1) is 15.7 Å². The highest BCUT2D eigenvalue weighted by Gasteiger charge is 2.38. The average Bonchev–Trinajstić information content (AvgIpc) is 2.20. The number of nitrogen functional groups attached to an aromatic ring is 1. The van der Waals surface area contributed by atoms with E-state index in [0.29, 0.717) is 0 Å². The number of esters is 1. The van der Waals surface area contributed by atoms with Crippen molar-refractivity contribution >= 4 is 34.4 Å². The minimum absolute atomic E-state index is 0.0168. The zero-order valence-electron chi connectivity index (χ0n) is 8.64. The minimum Gasteiger partial charge on any atom is -0.462 e. The fourth-order valence-electron chi connectivity index (χ4n) is 1.08. The van der Waals surface area contributed by atoms with Crippen LogP contribution in [-0.4, -0.2) is 17.6 Å². The molecule has 1 rings (SSSR count). The van der Waals surface area contributed by atoms with E-state index in [-0.39, 0.29) is 16.0 Å². The fourth-order valence-corrected chi connectivity index (χ4v) is 1.52. The second-order valence-electron chi connectivity index (χ2n) is 2.97. The molecule has 0 saturated heterocycles. The van der Waals surface area contributed by atoms with Crippen LogP contribution in [0.15, 0.2) is 6.07 Å². The molecule has 0 spiro atoms. The van der Waals surface area contributed by atoms with Gasteiger partial charge in [-0.05, 0) is 35.6 Å². The van der Waals surface area contributed by atoms with Crippen molar-refractivity contribution in [1.82, 2.24) is 4.98 Å². The zero-order chi connectivity index (χ0) is 13.2. The number of halogens is 4. The maximum atomic E-state index is 12.6. The molecule has 94 valence electrons. The van der Waals surface area contributed by atoms with Crippen LogP contribution in [0.5, 0.6) is 0 Å². The summed E-state index contributed by atoms with van der Waals surface area (Å²) in [5.74, 6) is -1.34. The van der Waals surface area contributed by atoms with Gasteiger partial charge in [-0.25, -0.2) is 9.78 Å². The maximum absolute atomic E-state index is 12.6. The van der Waals surface area contributed by atoms with Crippen molar-refractivity contribution in [3.8, 4) is 0 Å². The van der Waals surface area contributed by atoms with Crippen molar-refractivity contribution in [2.24, 2.45) is 0 Å². The molecule has 0 aliphatic heterocycles. The number of alkyl halides is 3. The Morgan fingerprint density at radius 3 is 2.65 bits per heavy atom. The average molecular weight is 360 g/mol. The van der Waals surface area contributed by atoms with Crippen LogP contribution in [0.2, 0.25) is 0 Å². The summed E-state index contributed by atoms with van der Waals surface area (Å²) in [5.41, 5.74) is 3.34. The van der Waals surface area contributed by atoms with Gasteiger partial charge in [-0.2, -0.15) is 13.2 Å². The lowest BCUT2D eigenvalue weighted by Gasteiger charge is -2.12. The number of ether oxygens (including phenoxy) is 1. The van der Waals surface area contributed by atoms with Crippen molar-refractivity contribution < 1.29 is 22.7 Å². The van der Waals surface area contributed by atoms with E-state index in [9.17, 15) is 18.0 Å². The van der Waals surface area contributed by atoms with Crippen molar-refractivity contribution in [3.05, 3.63) is 20.9 Å². The Labute approximate surface area is 108 Å². The number of hydrogen-bond acceptors (Lipinski definition) is 4. The van der Waals surface area contributed by atoms with E-state index in [0.717, 1.165) is 6.07 Å². The van der Waals surface area contributed by atoms with E-state index in [1.165, 1.54) is 6.92 Å². The first-order valence-electron chi connectivity index (χ1n) is 4.47. The summed E-state index contributed by atoms with van der Waals surface area (Å²) in [7, 11) is 0. The highest BCUT2D eigenvalue weighted by atomic mass is 127. The molecule has 0 bridgehead atoms. The molecule has 17 heavy (non-hydrogen) atoms. The van der Waals surface area contributed by atoms with Crippen LogP contribution < -0.4 is 5.73 Å². The standard InChI is InChI=1S/C9H8F3IN2O2/c1-2-17-8(16)4-3-5(13)7(14)15-6(4)9(10,11)12/h3H,2H2,1H3,(H2,14,15). The highest BCUT2D eigenvalue weighted by molar-refractivity contribution is 14.1. The normalized spacial score (nSPS) is 11.4. The van der Waals surface area contributed by atoms with Gasteiger partial charge in [0, 0.05) is 0 Å². The lowest BCUT2D eigenvalue weighted by molar-refractivity contribution is -0.141. The van der Waals surface area contributed by atoms with Gasteiger partial charge in [-0.3, -0.25) is 0 Å². The third-order valence-electron chi connectivity index (χ3n) is 1.77. The second-order valence-corrected chi connectivity index (χ2v) is 4.13. The van der Waals surface area contributed by atoms with Gasteiger partial charge < -0.3 is 10.5 Å². The summed E-state index contributed by atoms with van der Waals surface area (Å²) in [6, 6.07) is 1.02. The molecule has 0 amide bonds. The predicted molar refractivity (Wildman–Crippen MR) is 62.3 cm³/mol. The molecular formula is C9H8F3IN2O2. The van der Waals surface area contributed by atoms with Crippen LogP contribution in [0.25, 0.3) is 0 Å². The summed E-state index contributed by atoms with van der Waals surface area (Å²) in [5, 5.41) is 0. The molecule has 0 aliphatic rings. The third-order valence-corrected chi connectivity index (χ3v) is 2.63. The minimum atomic E-state index is -4.75. The second kappa shape index (κ2) is 5.07. The summed E-state index contributed by atoms with van der Waals surface area (Å²) < 4.78 is 42.7. The first-order chi connectivity index (χ1) is 7.77. The van der Waals surface area contributed by atoms with Crippen LogP contribution in [-0.2, 0) is 10.9 Å². The number of nitrogens with two attached hydrogens (primary N) is 1. The Bertz CT molecular complexity index is 449. The maximum Gasteiger partial charge on any atom is 0.434 e. The van der Waals surface area contributed by atoms with Crippen molar-refractivity contribution in [2.75, 3.05) is 12.3 Å². The SMILES string of the molecule is CCOC(=O)c1cc(I)c(N)nc1C(F)(F)F. The van der Waals surface area contributed by atoms with Gasteiger partial charge in [0.1, 0.15) is 5.82 Å². The van der Waals surface area contributed by atoms with Crippen molar-refractivity contribution in [2.45, 2.75) is 13.1 Å². The predicted octanol–water partition coefficient (Wildman–Crippen LogP) is 2.46. The summed E-state index contributed by atoms with van der Waals surface area (Å²) >= 11 is 1.69. The molecule has 0 radical (unpaired) electrons. The number of rotatable bonds is 2. The number of nitrogens with zero attached hydrogens (tertiary/aromatic N) is 1. The highest BCUT2D eigenvalue weighted by Crippen LogP contribution is 2.32. The smallest absolute Gasteiger partial charge is 0.434 e. The van der Waals surface area contributed by atoms with Crippen molar-refractivity contribution in [3.63, 3.8) is 0 Å². The molecule has 0 aromatic carbocycles. The first kappa shape index (κ1) is 14.0. The van der Waals surface area contributed by atoms with Crippen LogP contribution in [0.3, 0.4) is 0 Å². The number of aromatic nitrogens is 1. The number of carbonyl (C=O) groups is 1. The van der Waals surface area contributed by atoms with Crippen LogP contribution in [0.1, 0.15) is 23.0 Å². The molecule has 0 atom stereocenters. The van der Waals surface area contributed by atoms with E-state index in [1.807, 2.05) is 0 Å². The molecule has 1 aromatic rings. The molecular weight excluding hydrogens is 352 g/mol. The third kappa shape index (κ3) is 3.20. The number of hydrogen-bond donors (Lipinski definition) is 1. The Hall–Kier alpha value is -1.06. The van der Waals surface area contributed by atoms with Crippen LogP contribution >= 0.6 is 22.6 Å². The van der Waals surface area contributed by atoms with E-state index in [1.54, 1.807) is 22.6 Å². The van der Waals surface area contributed by atoms with Gasteiger partial charge in [-0.1, -0.05) is 0 Å². The summed E-state index contributed by atoms with van der Waals surface area (Å²) in [4.78, 5) is 14.6. The topological polar surface area (TPSA) is 65.2 Å².